The van der Waals surface area contributed by atoms with Gasteiger partial charge < -0.3 is 19.9 Å². The van der Waals surface area contributed by atoms with Crippen LogP contribution in [0.1, 0.15) is 18.4 Å². The van der Waals surface area contributed by atoms with Crippen molar-refractivity contribution in [2.75, 3.05) is 7.11 Å². The highest BCUT2D eigenvalue weighted by molar-refractivity contribution is 5.82. The molecule has 1 rings (SSSR count). The number of benzene rings is 1. The summed E-state index contributed by atoms with van der Waals surface area (Å²) in [5.74, 6) is -1.69. The number of methoxy groups -OCH3 is 1. The van der Waals surface area contributed by atoms with Crippen LogP contribution in [0.3, 0.4) is 0 Å². The molecule has 1 amide bonds. The van der Waals surface area contributed by atoms with Crippen LogP contribution in [0.2, 0.25) is 0 Å². The van der Waals surface area contributed by atoms with Crippen molar-refractivity contribution in [3.05, 3.63) is 48.0 Å². The first-order valence-electron chi connectivity index (χ1n) is 6.97. The van der Waals surface area contributed by atoms with Crippen molar-refractivity contribution >= 4 is 18.0 Å². The number of alkyl carbamates (subject to hydrolysis) is 1. The average molecular weight is 321 g/mol. The Bertz CT molecular complexity index is 555. The van der Waals surface area contributed by atoms with Gasteiger partial charge >= 0.3 is 18.0 Å². The molecular weight excluding hydrogens is 302 g/mol. The summed E-state index contributed by atoms with van der Waals surface area (Å²) in [4.78, 5) is 33.6. The Kier molecular flexibility index (Phi) is 7.91. The smallest absolute Gasteiger partial charge is 0.408 e. The second-order valence-electron chi connectivity index (χ2n) is 4.60. The summed E-state index contributed by atoms with van der Waals surface area (Å²) in [5.41, 5.74) is 0.801. The molecule has 7 nitrogen and oxygen atoms in total. The Morgan fingerprint density at radius 2 is 1.96 bits per heavy atom. The lowest BCUT2D eigenvalue weighted by atomic mass is 10.1. The highest BCUT2D eigenvalue weighted by atomic mass is 16.5. The van der Waals surface area contributed by atoms with Gasteiger partial charge in [-0.25, -0.2) is 14.4 Å². The molecule has 1 atom stereocenters. The molecule has 2 N–H and O–H groups in total. The lowest BCUT2D eigenvalue weighted by Crippen LogP contribution is -2.40. The molecule has 0 aromatic heterocycles. The molecule has 0 heterocycles. The molecule has 0 spiro atoms. The quantitative estimate of drug-likeness (QED) is 0.560. The van der Waals surface area contributed by atoms with Gasteiger partial charge in [0.2, 0.25) is 0 Å². The van der Waals surface area contributed by atoms with E-state index >= 15 is 0 Å². The largest absolute Gasteiger partial charge is 0.480 e. The number of nitrogens with one attached hydrogen (secondary N) is 1. The van der Waals surface area contributed by atoms with E-state index in [1.807, 2.05) is 18.2 Å². The number of hydrogen-bond donors (Lipinski definition) is 2. The van der Waals surface area contributed by atoms with Gasteiger partial charge in [-0.1, -0.05) is 36.4 Å². The van der Waals surface area contributed by atoms with E-state index in [0.717, 1.165) is 5.56 Å². The summed E-state index contributed by atoms with van der Waals surface area (Å²) in [6.07, 6.45) is 2.30. The Morgan fingerprint density at radius 1 is 1.26 bits per heavy atom. The van der Waals surface area contributed by atoms with E-state index in [4.69, 9.17) is 9.84 Å². The second kappa shape index (κ2) is 9.99. The van der Waals surface area contributed by atoms with E-state index in [1.165, 1.54) is 19.3 Å². The van der Waals surface area contributed by atoms with Crippen molar-refractivity contribution in [3.63, 3.8) is 0 Å². The van der Waals surface area contributed by atoms with Crippen LogP contribution in [0.15, 0.2) is 42.5 Å². The summed E-state index contributed by atoms with van der Waals surface area (Å²) in [6.45, 7) is 0.0568. The van der Waals surface area contributed by atoms with Crippen molar-refractivity contribution in [2.24, 2.45) is 0 Å². The van der Waals surface area contributed by atoms with Crippen molar-refractivity contribution in [1.82, 2.24) is 5.32 Å². The monoisotopic (exact) mass is 321 g/mol. The summed E-state index contributed by atoms with van der Waals surface area (Å²) >= 11 is 0. The van der Waals surface area contributed by atoms with Gasteiger partial charge in [0.25, 0.3) is 0 Å². The van der Waals surface area contributed by atoms with E-state index < -0.39 is 24.1 Å². The minimum Gasteiger partial charge on any atom is -0.480 e. The zero-order valence-corrected chi connectivity index (χ0v) is 12.7. The molecular formula is C16H19NO6. The van der Waals surface area contributed by atoms with E-state index in [9.17, 15) is 14.4 Å². The maximum atomic E-state index is 11.6. The van der Waals surface area contributed by atoms with Gasteiger partial charge in [-0.3, -0.25) is 0 Å². The Morgan fingerprint density at radius 3 is 2.57 bits per heavy atom. The van der Waals surface area contributed by atoms with Crippen LogP contribution >= 0.6 is 0 Å². The normalized spacial score (nSPS) is 11.7. The van der Waals surface area contributed by atoms with Gasteiger partial charge in [0.15, 0.2) is 0 Å². The predicted octanol–water partition coefficient (Wildman–Crippen LogP) is 1.88. The van der Waals surface area contributed by atoms with Crippen LogP contribution < -0.4 is 5.32 Å². The fraction of sp³-hybridized carbons (Fsp3) is 0.312. The van der Waals surface area contributed by atoms with E-state index in [0.29, 0.717) is 6.42 Å². The molecule has 0 bridgehead atoms. The fourth-order valence-electron chi connectivity index (χ4n) is 1.67. The summed E-state index contributed by atoms with van der Waals surface area (Å²) in [6, 6.07) is 7.94. The minimum absolute atomic E-state index is 0.0568. The summed E-state index contributed by atoms with van der Waals surface area (Å²) in [5, 5.41) is 11.4. The van der Waals surface area contributed by atoms with Crippen LogP contribution in [0, 0.1) is 0 Å². The molecule has 1 aromatic rings. The standard InChI is InChI=1S/C16H19NO6/c1-22-14(18)10-6-5-9-13(15(19)20)17-16(21)23-11-12-7-3-2-4-8-12/h2-4,6-8,10,13H,5,9,11H2,1H3,(H,17,21)(H,19,20)/t13-/m0/s1. The number of amides is 1. The van der Waals surface area contributed by atoms with Gasteiger partial charge in [0.05, 0.1) is 7.11 Å². The van der Waals surface area contributed by atoms with Crippen molar-refractivity contribution in [2.45, 2.75) is 25.5 Å². The maximum absolute atomic E-state index is 11.6. The predicted molar refractivity (Wildman–Crippen MR) is 81.6 cm³/mol. The van der Waals surface area contributed by atoms with Crippen molar-refractivity contribution < 1.29 is 29.0 Å². The topological polar surface area (TPSA) is 102 Å². The third-order valence-electron chi connectivity index (χ3n) is 2.88. The fourth-order valence-corrected chi connectivity index (χ4v) is 1.67. The zero-order chi connectivity index (χ0) is 17.1. The molecule has 124 valence electrons. The van der Waals surface area contributed by atoms with Crippen LogP contribution in [-0.4, -0.2) is 36.3 Å². The number of esters is 1. The van der Waals surface area contributed by atoms with Gasteiger partial charge in [-0.15, -0.1) is 0 Å². The Balaban J connectivity index is 2.39. The van der Waals surface area contributed by atoms with Gasteiger partial charge in [0.1, 0.15) is 12.6 Å². The first-order valence-corrected chi connectivity index (χ1v) is 6.97. The highest BCUT2D eigenvalue weighted by Crippen LogP contribution is 2.03. The lowest BCUT2D eigenvalue weighted by molar-refractivity contribution is -0.139. The molecule has 1 aromatic carbocycles. The third kappa shape index (κ3) is 7.66. The van der Waals surface area contributed by atoms with Crippen LogP contribution in [0.25, 0.3) is 0 Å². The van der Waals surface area contributed by atoms with Crippen LogP contribution in [0.4, 0.5) is 4.79 Å². The molecule has 0 saturated heterocycles. The molecule has 7 heteroatoms. The molecule has 0 aliphatic rings. The molecule has 0 saturated carbocycles. The lowest BCUT2D eigenvalue weighted by Gasteiger charge is -2.13. The van der Waals surface area contributed by atoms with Crippen LogP contribution in [0.5, 0.6) is 0 Å². The Labute approximate surface area is 133 Å². The molecule has 0 aliphatic carbocycles. The SMILES string of the molecule is COC(=O)C=CCC[C@H](NC(=O)OCc1ccccc1)C(=O)O. The minimum atomic E-state index is -1.17. The van der Waals surface area contributed by atoms with Crippen molar-refractivity contribution in [1.29, 1.82) is 0 Å². The molecule has 0 unspecified atom stereocenters. The summed E-state index contributed by atoms with van der Waals surface area (Å²) < 4.78 is 9.38. The number of rotatable bonds is 8. The first-order chi connectivity index (χ1) is 11.0. The van der Waals surface area contributed by atoms with E-state index in [1.54, 1.807) is 12.1 Å². The molecule has 0 radical (unpaired) electrons. The third-order valence-corrected chi connectivity index (χ3v) is 2.88. The Hall–Kier alpha value is -2.83. The van der Waals surface area contributed by atoms with Crippen molar-refractivity contribution in [3.8, 4) is 0 Å². The molecule has 0 fully saturated rings. The number of carboxylic acids is 1. The number of allylic oxidation sites excluding steroid dienone is 1. The van der Waals surface area contributed by atoms with Gasteiger partial charge in [0, 0.05) is 6.08 Å². The van der Waals surface area contributed by atoms with Gasteiger partial charge in [-0.05, 0) is 18.4 Å². The number of aliphatic carboxylic acids is 1. The maximum Gasteiger partial charge on any atom is 0.408 e. The second-order valence-corrected chi connectivity index (χ2v) is 4.60. The number of carbonyl (C=O) groups excluding carboxylic acids is 2. The van der Waals surface area contributed by atoms with E-state index in [-0.39, 0.29) is 13.0 Å². The number of carboxylic acid groups (broad SMARTS) is 1. The van der Waals surface area contributed by atoms with Gasteiger partial charge in [-0.2, -0.15) is 0 Å². The van der Waals surface area contributed by atoms with Crippen LogP contribution in [-0.2, 0) is 25.7 Å². The highest BCUT2D eigenvalue weighted by Gasteiger charge is 2.19. The molecule has 23 heavy (non-hydrogen) atoms. The number of hydrogen-bond acceptors (Lipinski definition) is 5. The molecule has 0 aliphatic heterocycles. The average Bonchev–Trinajstić information content (AvgIpc) is 2.56. The zero-order valence-electron chi connectivity index (χ0n) is 12.7. The summed E-state index contributed by atoms with van der Waals surface area (Å²) in [7, 11) is 1.25. The number of ether oxygens (including phenoxy) is 2. The first kappa shape index (κ1) is 18.2. The number of carbonyl (C=O) groups is 3. The van der Waals surface area contributed by atoms with E-state index in [2.05, 4.69) is 10.1 Å².